The van der Waals surface area contributed by atoms with Gasteiger partial charge in [-0.2, -0.15) is 18.6 Å². The van der Waals surface area contributed by atoms with E-state index >= 15 is 0 Å². The summed E-state index contributed by atoms with van der Waals surface area (Å²) in [7, 11) is 0. The van der Waals surface area contributed by atoms with Crippen molar-refractivity contribution in [2.24, 2.45) is 0 Å². The number of rotatable bonds is 8. The number of urea groups is 1. The Hall–Kier alpha value is -1.97. The molecule has 27 heavy (non-hydrogen) atoms. The Labute approximate surface area is 165 Å². The highest BCUT2D eigenvalue weighted by Gasteiger charge is 2.15. The molecule has 3 rings (SSSR count). The average molecular weight is 397 g/mol. The second-order valence-corrected chi connectivity index (χ2v) is 6.41. The van der Waals surface area contributed by atoms with Crippen LogP contribution in [0.3, 0.4) is 0 Å². The van der Waals surface area contributed by atoms with E-state index in [9.17, 15) is 9.90 Å². The van der Waals surface area contributed by atoms with Gasteiger partial charge in [-0.1, -0.05) is 0 Å². The van der Waals surface area contributed by atoms with E-state index in [1.807, 2.05) is 18.2 Å². The lowest BCUT2D eigenvalue weighted by atomic mass is 10.1. The lowest BCUT2D eigenvalue weighted by Crippen LogP contribution is -2.46. The first-order valence-electron chi connectivity index (χ1n) is 9.07. The van der Waals surface area contributed by atoms with Gasteiger partial charge in [0.2, 0.25) is 0 Å². The fourth-order valence-electron chi connectivity index (χ4n) is 2.86. The van der Waals surface area contributed by atoms with Crippen molar-refractivity contribution in [3.63, 3.8) is 0 Å². The number of aromatic amines is 1. The molecule has 2 heterocycles. The monoisotopic (exact) mass is 396 g/mol. The number of unbranched alkanes of at least 4 members (excludes halogenated alkanes) is 1. The number of amides is 2. The number of hydrogen-bond donors (Lipinski definition) is 3. The summed E-state index contributed by atoms with van der Waals surface area (Å²) in [5.74, 6) is 0.718. The molecule has 0 unspecified atom stereocenters. The second-order valence-electron chi connectivity index (χ2n) is 6.41. The molecule has 0 aliphatic carbocycles. The molecule has 3 N–H and O–H groups in total. The first-order valence-corrected chi connectivity index (χ1v) is 9.07. The van der Waals surface area contributed by atoms with Crippen molar-refractivity contribution >= 4 is 30.4 Å². The van der Waals surface area contributed by atoms with Crippen molar-refractivity contribution in [3.05, 3.63) is 24.4 Å². The molecule has 1 saturated heterocycles. The summed E-state index contributed by atoms with van der Waals surface area (Å²) in [6.45, 7) is 3.36. The van der Waals surface area contributed by atoms with Crippen LogP contribution in [0.1, 0.15) is 19.3 Å². The second kappa shape index (κ2) is 11.0. The lowest BCUT2D eigenvalue weighted by molar-refractivity contribution is 0.0532. The number of carbonyl (C=O) groups is 1. The van der Waals surface area contributed by atoms with Crippen molar-refractivity contribution in [3.8, 4) is 5.75 Å². The van der Waals surface area contributed by atoms with Gasteiger partial charge in [0, 0.05) is 25.0 Å². The number of benzene rings is 1. The number of nitrogens with one attached hydrogen (secondary N) is 2. The summed E-state index contributed by atoms with van der Waals surface area (Å²) >= 11 is 0. The first kappa shape index (κ1) is 21.3. The average Bonchev–Trinajstić information content (AvgIpc) is 3.14. The third kappa shape index (κ3) is 6.60. The summed E-state index contributed by atoms with van der Waals surface area (Å²) in [4.78, 5) is 13.7. The van der Waals surface area contributed by atoms with Gasteiger partial charge in [0.25, 0.3) is 0 Å². The predicted molar refractivity (Wildman–Crippen MR) is 108 cm³/mol. The lowest BCUT2D eigenvalue weighted by Gasteiger charge is -2.26. The third-order valence-electron chi connectivity index (χ3n) is 4.39. The molecule has 1 aromatic carbocycles. The van der Waals surface area contributed by atoms with Crippen LogP contribution in [0.2, 0.25) is 0 Å². The van der Waals surface area contributed by atoms with Gasteiger partial charge < -0.3 is 24.8 Å². The number of aromatic nitrogens is 2. The number of H-pyrrole nitrogens is 1. The molecule has 0 radical (unpaired) electrons. The van der Waals surface area contributed by atoms with E-state index in [0.29, 0.717) is 39.3 Å². The molecular weight excluding hydrogens is 368 g/mol. The minimum atomic E-state index is -0.523. The summed E-state index contributed by atoms with van der Waals surface area (Å²) in [6, 6.07) is 5.62. The summed E-state index contributed by atoms with van der Waals surface area (Å²) in [5, 5.41) is 20.8. The summed E-state index contributed by atoms with van der Waals surface area (Å²) < 4.78 is 10.9. The van der Waals surface area contributed by atoms with Crippen LogP contribution in [0.4, 0.5) is 4.79 Å². The smallest absolute Gasteiger partial charge is 0.317 e. The number of hydrogen-bond acceptors (Lipinski definition) is 5. The van der Waals surface area contributed by atoms with E-state index in [1.54, 1.807) is 11.1 Å². The maximum absolute atomic E-state index is 11.9. The Morgan fingerprint density at radius 3 is 3.00 bits per heavy atom. The molecular formula is C18H28N4O4S. The van der Waals surface area contributed by atoms with Gasteiger partial charge >= 0.3 is 6.03 Å². The van der Waals surface area contributed by atoms with Crippen LogP contribution in [-0.2, 0) is 4.74 Å². The summed E-state index contributed by atoms with van der Waals surface area (Å²) in [6.07, 6.45) is 3.51. The highest BCUT2D eigenvalue weighted by Crippen LogP contribution is 2.19. The van der Waals surface area contributed by atoms with Gasteiger partial charge in [-0.25, -0.2) is 4.79 Å². The van der Waals surface area contributed by atoms with Crippen molar-refractivity contribution < 1.29 is 19.4 Å². The molecule has 0 saturated carbocycles. The Bertz CT molecular complexity index is 705. The Balaban J connectivity index is 0.00000261. The van der Waals surface area contributed by atoms with Gasteiger partial charge in [0.15, 0.2) is 0 Å². The van der Waals surface area contributed by atoms with Crippen molar-refractivity contribution in [2.45, 2.75) is 25.4 Å². The first-order chi connectivity index (χ1) is 12.7. The number of ether oxygens (including phenoxy) is 2. The molecule has 150 valence electrons. The van der Waals surface area contributed by atoms with Gasteiger partial charge in [-0.3, -0.25) is 5.10 Å². The Morgan fingerprint density at radius 1 is 1.37 bits per heavy atom. The van der Waals surface area contributed by atoms with E-state index in [4.69, 9.17) is 9.47 Å². The van der Waals surface area contributed by atoms with Gasteiger partial charge in [-0.05, 0) is 37.5 Å². The zero-order valence-electron chi connectivity index (χ0n) is 15.3. The van der Waals surface area contributed by atoms with Crippen LogP contribution in [0.15, 0.2) is 24.4 Å². The highest BCUT2D eigenvalue weighted by atomic mass is 32.1. The maximum atomic E-state index is 11.9. The molecule has 1 aliphatic rings. The van der Waals surface area contributed by atoms with Crippen molar-refractivity contribution in [1.82, 2.24) is 20.4 Å². The van der Waals surface area contributed by atoms with Crippen LogP contribution >= 0.6 is 13.5 Å². The highest BCUT2D eigenvalue weighted by molar-refractivity contribution is 7.59. The van der Waals surface area contributed by atoms with E-state index in [0.717, 1.165) is 29.5 Å². The molecule has 2 amide bonds. The third-order valence-corrected chi connectivity index (χ3v) is 4.39. The number of aliphatic hydroxyl groups is 1. The molecule has 9 heteroatoms. The largest absolute Gasteiger partial charge is 0.491 e. The molecule has 2 aromatic rings. The number of fused-ring (bicyclic) bond motifs is 1. The van der Waals surface area contributed by atoms with Crippen molar-refractivity contribution in [2.75, 3.05) is 39.5 Å². The van der Waals surface area contributed by atoms with E-state index in [2.05, 4.69) is 15.5 Å². The normalized spacial score (nSPS) is 15.2. The number of nitrogens with zero attached hydrogens (tertiary/aromatic N) is 2. The fourth-order valence-corrected chi connectivity index (χ4v) is 2.86. The zero-order valence-corrected chi connectivity index (χ0v) is 16.3. The molecule has 1 aliphatic heterocycles. The minimum absolute atomic E-state index is 0. The maximum Gasteiger partial charge on any atom is 0.317 e. The minimum Gasteiger partial charge on any atom is -0.491 e. The van der Waals surface area contributed by atoms with Gasteiger partial charge in [0.05, 0.1) is 31.0 Å². The molecule has 1 atom stereocenters. The molecule has 0 spiro atoms. The SMILES string of the molecule is O=C(NCCCC[C@H](O)COc1ccc2[nH]ncc2c1)N1CCOCC1.S. The van der Waals surface area contributed by atoms with Gasteiger partial charge in [-0.15, -0.1) is 0 Å². The molecule has 8 nitrogen and oxygen atoms in total. The standard InChI is InChI=1S/C18H26N4O4.H2S/c23-15(13-26-16-4-5-17-14(11-16)12-20-21-17)3-1-2-6-19-18(24)22-7-9-25-10-8-22;/h4-5,11-12,15,23H,1-3,6-10,13H2,(H,19,24)(H,20,21);1H2/t15-;/m0./s1. The molecule has 1 aromatic heterocycles. The molecule has 0 bridgehead atoms. The number of carbonyl (C=O) groups excluding carboxylic acids is 1. The number of morpholine rings is 1. The van der Waals surface area contributed by atoms with Crippen LogP contribution in [0.5, 0.6) is 5.75 Å². The van der Waals surface area contributed by atoms with Crippen LogP contribution < -0.4 is 10.1 Å². The topological polar surface area (TPSA) is 99.7 Å². The quantitative estimate of drug-likeness (QED) is 0.589. The van der Waals surface area contributed by atoms with Crippen molar-refractivity contribution in [1.29, 1.82) is 0 Å². The zero-order chi connectivity index (χ0) is 18.2. The summed E-state index contributed by atoms with van der Waals surface area (Å²) in [5.41, 5.74) is 0.956. The predicted octanol–water partition coefficient (Wildman–Crippen LogP) is 1.63. The Kier molecular flexibility index (Phi) is 8.70. The van der Waals surface area contributed by atoms with Crippen LogP contribution in [0, 0.1) is 0 Å². The Morgan fingerprint density at radius 2 is 2.19 bits per heavy atom. The fraction of sp³-hybridized carbons (Fsp3) is 0.556. The van der Waals surface area contributed by atoms with E-state index in [1.165, 1.54) is 0 Å². The van der Waals surface area contributed by atoms with Gasteiger partial charge in [0.1, 0.15) is 12.4 Å². The molecule has 1 fully saturated rings. The van der Waals surface area contributed by atoms with Crippen LogP contribution in [-0.4, -0.2) is 71.8 Å². The van der Waals surface area contributed by atoms with E-state index in [-0.39, 0.29) is 26.1 Å². The van der Waals surface area contributed by atoms with E-state index < -0.39 is 6.10 Å². The number of aliphatic hydroxyl groups excluding tert-OH is 1. The van der Waals surface area contributed by atoms with Crippen LogP contribution in [0.25, 0.3) is 10.9 Å².